The summed E-state index contributed by atoms with van der Waals surface area (Å²) < 4.78 is 4.97. The Morgan fingerprint density at radius 2 is 2.09 bits per heavy atom. The highest BCUT2D eigenvalue weighted by Gasteiger charge is 2.20. The van der Waals surface area contributed by atoms with Crippen LogP contribution in [-0.2, 0) is 16.1 Å². The van der Waals surface area contributed by atoms with Gasteiger partial charge in [-0.2, -0.15) is 5.26 Å². The van der Waals surface area contributed by atoms with Crippen molar-refractivity contribution in [1.29, 1.82) is 5.26 Å². The van der Waals surface area contributed by atoms with Crippen molar-refractivity contribution in [2.45, 2.75) is 27.3 Å². The van der Waals surface area contributed by atoms with Crippen molar-refractivity contribution in [3.8, 4) is 6.07 Å². The summed E-state index contributed by atoms with van der Waals surface area (Å²) in [5, 5.41) is 12.9. The van der Waals surface area contributed by atoms with Crippen LogP contribution in [0.15, 0.2) is 29.7 Å². The van der Waals surface area contributed by atoms with Gasteiger partial charge in [-0.1, -0.05) is 17.7 Å². The molecular formula is C16H21ClN4O2. The lowest BCUT2D eigenvalue weighted by Crippen LogP contribution is -2.34. The fraction of sp³-hybridized carbons (Fsp3) is 0.438. The average molecular weight is 337 g/mol. The summed E-state index contributed by atoms with van der Waals surface area (Å²) in [7, 11) is 0. The number of pyridine rings is 1. The lowest BCUT2D eigenvalue weighted by Gasteiger charge is -2.26. The molecule has 0 aliphatic heterocycles. The van der Waals surface area contributed by atoms with Crippen LogP contribution >= 0.6 is 11.6 Å². The molecule has 0 spiro atoms. The van der Waals surface area contributed by atoms with Gasteiger partial charge >= 0.3 is 5.97 Å². The summed E-state index contributed by atoms with van der Waals surface area (Å²) in [4.78, 5) is 17.9. The quantitative estimate of drug-likeness (QED) is 0.340. The van der Waals surface area contributed by atoms with Gasteiger partial charge in [0.1, 0.15) is 17.0 Å². The molecule has 1 heterocycles. The molecule has 124 valence electrons. The van der Waals surface area contributed by atoms with Crippen molar-refractivity contribution in [1.82, 2.24) is 15.2 Å². The molecule has 0 aliphatic rings. The van der Waals surface area contributed by atoms with Gasteiger partial charge in [0.15, 0.2) is 5.57 Å². The van der Waals surface area contributed by atoms with Crippen LogP contribution < -0.4 is 5.32 Å². The van der Waals surface area contributed by atoms with Crippen LogP contribution in [-0.4, -0.2) is 35.5 Å². The van der Waals surface area contributed by atoms with Crippen molar-refractivity contribution in [2.75, 3.05) is 19.7 Å². The zero-order valence-corrected chi connectivity index (χ0v) is 14.4. The van der Waals surface area contributed by atoms with Crippen LogP contribution in [0.5, 0.6) is 0 Å². The molecule has 0 bridgehead atoms. The van der Waals surface area contributed by atoms with Gasteiger partial charge < -0.3 is 15.0 Å². The van der Waals surface area contributed by atoms with E-state index in [4.69, 9.17) is 16.3 Å². The maximum absolute atomic E-state index is 12.0. The first-order valence-corrected chi connectivity index (χ1v) is 7.85. The largest absolute Gasteiger partial charge is 0.462 e. The Hall–Kier alpha value is -2.26. The van der Waals surface area contributed by atoms with Gasteiger partial charge in [0.25, 0.3) is 0 Å². The lowest BCUT2D eigenvalue weighted by molar-refractivity contribution is -0.138. The molecule has 0 atom stereocenters. The fourth-order valence-corrected chi connectivity index (χ4v) is 2.11. The van der Waals surface area contributed by atoms with Crippen LogP contribution in [0.1, 0.15) is 26.3 Å². The molecule has 23 heavy (non-hydrogen) atoms. The van der Waals surface area contributed by atoms with Crippen molar-refractivity contribution in [2.24, 2.45) is 0 Å². The Kier molecular flexibility index (Phi) is 7.92. The number of nitrogens with zero attached hydrogens (tertiary/aromatic N) is 3. The Bertz CT molecular complexity index is 589. The van der Waals surface area contributed by atoms with Gasteiger partial charge in [-0.3, -0.25) is 0 Å². The molecule has 1 N–H and O–H groups in total. The number of hydrogen-bond donors (Lipinski definition) is 1. The number of carbonyl (C=O) groups excluding carboxylic acids is 1. The maximum Gasteiger partial charge on any atom is 0.352 e. The SMILES string of the molecule is CCOC(=O)/C(C#N)=C(\NCc1ccc(Cl)nc1)N(CC)CC. The minimum absolute atomic E-state index is 0.0301. The van der Waals surface area contributed by atoms with E-state index in [0.29, 0.717) is 30.6 Å². The number of rotatable bonds is 8. The molecule has 0 aliphatic carbocycles. The monoisotopic (exact) mass is 336 g/mol. The second kappa shape index (κ2) is 9.70. The summed E-state index contributed by atoms with van der Waals surface area (Å²) in [5.74, 6) is -0.162. The van der Waals surface area contributed by atoms with Crippen molar-refractivity contribution < 1.29 is 9.53 Å². The van der Waals surface area contributed by atoms with E-state index in [1.165, 1.54) is 0 Å². The summed E-state index contributed by atoms with van der Waals surface area (Å²) in [6.45, 7) is 7.56. The highest BCUT2D eigenvalue weighted by atomic mass is 35.5. The van der Waals surface area contributed by atoms with E-state index in [9.17, 15) is 10.1 Å². The van der Waals surface area contributed by atoms with E-state index in [2.05, 4.69) is 10.3 Å². The lowest BCUT2D eigenvalue weighted by atomic mass is 10.2. The molecule has 0 aromatic carbocycles. The molecule has 0 unspecified atom stereocenters. The molecule has 0 saturated heterocycles. The Morgan fingerprint density at radius 1 is 1.39 bits per heavy atom. The topological polar surface area (TPSA) is 78.2 Å². The molecular weight excluding hydrogens is 316 g/mol. The van der Waals surface area contributed by atoms with Crippen molar-refractivity contribution in [3.05, 3.63) is 40.4 Å². The van der Waals surface area contributed by atoms with Gasteiger partial charge in [-0.15, -0.1) is 0 Å². The van der Waals surface area contributed by atoms with Crippen LogP contribution in [0.25, 0.3) is 0 Å². The Labute approximate surface area is 141 Å². The first-order chi connectivity index (χ1) is 11.1. The van der Waals surface area contributed by atoms with Gasteiger partial charge in [-0.25, -0.2) is 9.78 Å². The standard InChI is InChI=1S/C16H21ClN4O2/c1-4-21(5-2)15(13(9-18)16(22)23-6-3)20-11-12-7-8-14(17)19-10-12/h7-8,10,20H,4-6,11H2,1-3H3/b15-13+. The zero-order valence-electron chi connectivity index (χ0n) is 13.6. The van der Waals surface area contributed by atoms with E-state index in [-0.39, 0.29) is 12.2 Å². The van der Waals surface area contributed by atoms with E-state index in [0.717, 1.165) is 5.56 Å². The minimum Gasteiger partial charge on any atom is -0.462 e. The van der Waals surface area contributed by atoms with Gasteiger partial charge in [0.05, 0.1) is 6.61 Å². The molecule has 0 fully saturated rings. The summed E-state index contributed by atoms with van der Waals surface area (Å²) >= 11 is 5.77. The first-order valence-electron chi connectivity index (χ1n) is 7.48. The number of hydrogen-bond acceptors (Lipinski definition) is 6. The second-order valence-electron chi connectivity index (χ2n) is 4.57. The average Bonchev–Trinajstić information content (AvgIpc) is 2.55. The first kappa shape index (κ1) is 18.8. The number of nitrogens with one attached hydrogen (secondary N) is 1. The number of carbonyl (C=O) groups is 1. The smallest absolute Gasteiger partial charge is 0.352 e. The maximum atomic E-state index is 12.0. The van der Waals surface area contributed by atoms with Crippen molar-refractivity contribution >= 4 is 17.6 Å². The Morgan fingerprint density at radius 3 is 2.57 bits per heavy atom. The van der Waals surface area contributed by atoms with E-state index in [1.54, 1.807) is 19.2 Å². The van der Waals surface area contributed by atoms with Gasteiger partial charge in [0, 0.05) is 25.8 Å². The van der Waals surface area contributed by atoms with E-state index in [1.807, 2.05) is 30.9 Å². The van der Waals surface area contributed by atoms with Crippen LogP contribution in [0.3, 0.4) is 0 Å². The third kappa shape index (κ3) is 5.46. The third-order valence-electron chi connectivity index (χ3n) is 3.16. The Balaban J connectivity index is 3.06. The molecule has 6 nitrogen and oxygen atoms in total. The van der Waals surface area contributed by atoms with Crippen LogP contribution in [0.2, 0.25) is 5.15 Å². The van der Waals surface area contributed by atoms with Crippen LogP contribution in [0.4, 0.5) is 0 Å². The molecule has 1 aromatic rings. The van der Waals surface area contributed by atoms with Gasteiger partial charge in [0.2, 0.25) is 0 Å². The highest BCUT2D eigenvalue weighted by Crippen LogP contribution is 2.12. The van der Waals surface area contributed by atoms with E-state index >= 15 is 0 Å². The number of nitriles is 1. The summed E-state index contributed by atoms with van der Waals surface area (Å²) in [6.07, 6.45) is 1.64. The molecule has 1 aromatic heterocycles. The summed E-state index contributed by atoms with van der Waals surface area (Å²) in [6, 6.07) is 5.47. The predicted octanol–water partition coefficient (Wildman–Crippen LogP) is 2.46. The highest BCUT2D eigenvalue weighted by molar-refractivity contribution is 6.29. The molecule has 0 saturated carbocycles. The molecule has 1 rings (SSSR count). The van der Waals surface area contributed by atoms with Gasteiger partial charge in [-0.05, 0) is 32.4 Å². The number of halogens is 1. The predicted molar refractivity (Wildman–Crippen MR) is 88.3 cm³/mol. The third-order valence-corrected chi connectivity index (χ3v) is 3.38. The zero-order chi connectivity index (χ0) is 17.2. The number of aromatic nitrogens is 1. The van der Waals surface area contributed by atoms with E-state index < -0.39 is 5.97 Å². The number of esters is 1. The summed E-state index contributed by atoms with van der Waals surface area (Å²) in [5.41, 5.74) is 0.859. The normalized spacial score (nSPS) is 11.3. The second-order valence-corrected chi connectivity index (χ2v) is 4.96. The fourth-order valence-electron chi connectivity index (χ4n) is 1.99. The number of ether oxygens (including phenoxy) is 1. The minimum atomic E-state index is -0.626. The molecule has 0 amide bonds. The van der Waals surface area contributed by atoms with Crippen molar-refractivity contribution in [3.63, 3.8) is 0 Å². The molecule has 0 radical (unpaired) electrons. The molecule has 7 heteroatoms. The van der Waals surface area contributed by atoms with Crippen LogP contribution in [0, 0.1) is 11.3 Å².